The van der Waals surface area contributed by atoms with Gasteiger partial charge in [0.05, 0.1) is 12.2 Å². The molecule has 7 heteroatoms. The minimum absolute atomic E-state index is 0.0201. The van der Waals surface area contributed by atoms with Gasteiger partial charge in [-0.3, -0.25) is 19.8 Å². The molecule has 1 aliphatic rings. The van der Waals surface area contributed by atoms with Gasteiger partial charge in [-0.2, -0.15) is 0 Å². The van der Waals surface area contributed by atoms with Gasteiger partial charge >= 0.3 is 0 Å². The molecule has 1 aliphatic heterocycles. The molecule has 174 valence electrons. The molecule has 0 spiro atoms. The van der Waals surface area contributed by atoms with Crippen LogP contribution in [0.1, 0.15) is 22.3 Å². The Kier molecular flexibility index (Phi) is 5.78. The van der Waals surface area contributed by atoms with E-state index in [-0.39, 0.29) is 16.5 Å². The molecule has 0 bridgehead atoms. The maximum absolute atomic E-state index is 14.3. The average Bonchev–Trinajstić information content (AvgIpc) is 3.17. The van der Waals surface area contributed by atoms with Gasteiger partial charge in [0, 0.05) is 28.2 Å². The summed E-state index contributed by atoms with van der Waals surface area (Å²) in [4.78, 5) is 27.8. The lowest BCUT2D eigenvalue weighted by molar-refractivity contribution is -0.122. The van der Waals surface area contributed by atoms with Crippen molar-refractivity contribution in [2.75, 3.05) is 4.90 Å². The molecule has 0 aliphatic carbocycles. The summed E-state index contributed by atoms with van der Waals surface area (Å²) in [5, 5.41) is 3.55. The van der Waals surface area contributed by atoms with Crippen LogP contribution in [-0.4, -0.2) is 21.5 Å². The zero-order valence-electron chi connectivity index (χ0n) is 19.2. The molecule has 2 amide bonds. The molecule has 0 atom stereocenters. The second-order valence-electron chi connectivity index (χ2n) is 8.57. The van der Waals surface area contributed by atoms with Crippen LogP contribution < -0.4 is 10.2 Å². The van der Waals surface area contributed by atoms with Crippen LogP contribution in [0.4, 0.5) is 10.1 Å². The van der Waals surface area contributed by atoms with Crippen molar-refractivity contribution in [1.29, 1.82) is 0 Å². The van der Waals surface area contributed by atoms with Crippen LogP contribution in [0.15, 0.2) is 78.5 Å². The second-order valence-corrected chi connectivity index (χ2v) is 8.96. The monoisotopic (exact) mass is 483 g/mol. The van der Waals surface area contributed by atoms with E-state index < -0.39 is 11.8 Å². The molecule has 0 unspecified atom stereocenters. The number of carbonyl (C=O) groups is 2. The lowest BCUT2D eigenvalue weighted by Crippen LogP contribution is -2.54. The maximum atomic E-state index is 14.3. The number of fused-ring (bicyclic) bond motifs is 1. The first-order valence-corrected chi connectivity index (χ1v) is 11.5. The van der Waals surface area contributed by atoms with E-state index in [2.05, 4.69) is 5.32 Å². The number of aromatic nitrogens is 1. The van der Waals surface area contributed by atoms with Crippen LogP contribution in [-0.2, 0) is 16.1 Å². The summed E-state index contributed by atoms with van der Waals surface area (Å²) in [6.45, 7) is 4.14. The summed E-state index contributed by atoms with van der Waals surface area (Å²) >= 11 is 5.36. The van der Waals surface area contributed by atoms with Gasteiger partial charge < -0.3 is 4.57 Å². The Bertz CT molecular complexity index is 1550. The van der Waals surface area contributed by atoms with Crippen LogP contribution >= 0.6 is 12.2 Å². The number of hydrogen-bond donors (Lipinski definition) is 1. The molecule has 1 fully saturated rings. The number of rotatable bonds is 4. The molecule has 5 nitrogen and oxygen atoms in total. The minimum Gasteiger partial charge on any atom is -0.342 e. The Morgan fingerprint density at radius 1 is 1.00 bits per heavy atom. The molecule has 1 saturated heterocycles. The largest absolute Gasteiger partial charge is 0.342 e. The van der Waals surface area contributed by atoms with Crippen LogP contribution in [0.3, 0.4) is 0 Å². The van der Waals surface area contributed by atoms with Crippen molar-refractivity contribution in [3.8, 4) is 0 Å². The Morgan fingerprint density at radius 2 is 1.74 bits per heavy atom. The molecule has 2 heterocycles. The summed E-state index contributed by atoms with van der Waals surface area (Å²) in [5.41, 5.74) is 4.55. The number of amides is 2. The third-order valence-electron chi connectivity index (χ3n) is 6.12. The predicted molar refractivity (Wildman–Crippen MR) is 140 cm³/mol. The highest BCUT2D eigenvalue weighted by atomic mass is 32.1. The van der Waals surface area contributed by atoms with Gasteiger partial charge in [0.15, 0.2) is 5.11 Å². The Morgan fingerprint density at radius 3 is 2.54 bits per heavy atom. The summed E-state index contributed by atoms with van der Waals surface area (Å²) < 4.78 is 16.2. The van der Waals surface area contributed by atoms with Crippen LogP contribution in [0.5, 0.6) is 0 Å². The topological polar surface area (TPSA) is 54.3 Å². The normalized spacial score (nSPS) is 15.2. The van der Waals surface area contributed by atoms with Crippen molar-refractivity contribution in [2.45, 2.75) is 20.4 Å². The summed E-state index contributed by atoms with van der Waals surface area (Å²) in [7, 11) is 0. The summed E-state index contributed by atoms with van der Waals surface area (Å²) in [6, 6.07) is 20.0. The van der Waals surface area contributed by atoms with Gasteiger partial charge in [0.1, 0.15) is 11.4 Å². The third kappa shape index (κ3) is 4.15. The van der Waals surface area contributed by atoms with Gasteiger partial charge in [-0.15, -0.1) is 0 Å². The fourth-order valence-corrected chi connectivity index (χ4v) is 4.60. The smallest absolute Gasteiger partial charge is 0.270 e. The first-order chi connectivity index (χ1) is 16.8. The maximum Gasteiger partial charge on any atom is 0.270 e. The Labute approximate surface area is 207 Å². The van der Waals surface area contributed by atoms with Crippen molar-refractivity contribution >= 4 is 51.8 Å². The summed E-state index contributed by atoms with van der Waals surface area (Å²) in [5.74, 6) is -1.32. The molecule has 1 N–H and O–H groups in total. The highest BCUT2D eigenvalue weighted by Crippen LogP contribution is 2.29. The lowest BCUT2D eigenvalue weighted by atomic mass is 10.0. The van der Waals surface area contributed by atoms with E-state index in [1.165, 1.54) is 11.0 Å². The minimum atomic E-state index is -0.549. The number of nitrogens with one attached hydrogen (secondary N) is 1. The fraction of sp³-hybridized carbons (Fsp3) is 0.107. The van der Waals surface area contributed by atoms with Gasteiger partial charge in [-0.05, 0) is 61.5 Å². The van der Waals surface area contributed by atoms with Crippen molar-refractivity contribution < 1.29 is 14.0 Å². The number of hydrogen-bond acceptors (Lipinski definition) is 3. The first-order valence-electron chi connectivity index (χ1n) is 11.1. The van der Waals surface area contributed by atoms with Crippen molar-refractivity contribution in [2.24, 2.45) is 0 Å². The second kappa shape index (κ2) is 8.92. The zero-order valence-corrected chi connectivity index (χ0v) is 20.0. The quantitative estimate of drug-likeness (QED) is 0.244. The number of nitrogens with zero attached hydrogens (tertiary/aromatic N) is 2. The molecule has 0 saturated carbocycles. The number of benzene rings is 3. The highest BCUT2D eigenvalue weighted by molar-refractivity contribution is 7.80. The fourth-order valence-electron chi connectivity index (χ4n) is 4.32. The van der Waals surface area contributed by atoms with E-state index in [9.17, 15) is 14.0 Å². The van der Waals surface area contributed by atoms with E-state index in [0.29, 0.717) is 23.4 Å². The Hall–Kier alpha value is -4.10. The standard InChI is InChI=1S/C28H22FN3O2S/c1-17-11-12-18(2)25(13-17)32-27(34)22(26(33)30-28(32)35)14-20-16-31(24-10-6-4-8-21(20)24)15-19-7-3-5-9-23(19)29/h3-14,16H,15H2,1-2H3,(H,30,33,35)/b22-14+. The van der Waals surface area contributed by atoms with E-state index in [1.54, 1.807) is 24.3 Å². The van der Waals surface area contributed by atoms with E-state index >= 15 is 0 Å². The number of halogens is 1. The highest BCUT2D eigenvalue weighted by Gasteiger charge is 2.35. The molecular weight excluding hydrogens is 461 g/mol. The molecular formula is C28H22FN3O2S. The van der Waals surface area contributed by atoms with Crippen molar-refractivity contribution in [1.82, 2.24) is 9.88 Å². The van der Waals surface area contributed by atoms with Crippen LogP contribution in [0.25, 0.3) is 17.0 Å². The van der Waals surface area contributed by atoms with Crippen LogP contribution in [0, 0.1) is 19.7 Å². The molecule has 5 rings (SSSR count). The zero-order chi connectivity index (χ0) is 24.7. The molecule has 0 radical (unpaired) electrons. The van der Waals surface area contributed by atoms with Gasteiger partial charge in [-0.25, -0.2) is 4.39 Å². The molecule has 1 aromatic heterocycles. The first kappa shape index (κ1) is 22.7. The predicted octanol–water partition coefficient (Wildman–Crippen LogP) is 5.28. The lowest BCUT2D eigenvalue weighted by Gasteiger charge is -2.30. The SMILES string of the molecule is Cc1ccc(C)c(N2C(=O)/C(=C/c3cn(Cc4ccccc4F)c4ccccc34)C(=O)NC2=S)c1. The average molecular weight is 484 g/mol. The van der Waals surface area contributed by atoms with E-state index in [1.807, 2.05) is 67.1 Å². The number of para-hydroxylation sites is 1. The van der Waals surface area contributed by atoms with E-state index in [4.69, 9.17) is 12.2 Å². The Balaban J connectivity index is 1.59. The third-order valence-corrected chi connectivity index (χ3v) is 6.41. The van der Waals surface area contributed by atoms with Gasteiger partial charge in [-0.1, -0.05) is 48.5 Å². The number of carbonyl (C=O) groups excluding carboxylic acids is 2. The summed E-state index contributed by atoms with van der Waals surface area (Å²) in [6.07, 6.45) is 3.41. The van der Waals surface area contributed by atoms with Crippen molar-refractivity contribution in [3.63, 3.8) is 0 Å². The number of aryl methyl sites for hydroxylation is 2. The van der Waals surface area contributed by atoms with Crippen LogP contribution in [0.2, 0.25) is 0 Å². The number of anilines is 1. The molecule has 4 aromatic rings. The number of thiocarbonyl (C=S) groups is 1. The van der Waals surface area contributed by atoms with Gasteiger partial charge in [0.2, 0.25) is 0 Å². The van der Waals surface area contributed by atoms with Crippen molar-refractivity contribution in [3.05, 3.63) is 107 Å². The molecule has 3 aromatic carbocycles. The van der Waals surface area contributed by atoms with E-state index in [0.717, 1.165) is 22.0 Å². The molecule has 35 heavy (non-hydrogen) atoms. The van der Waals surface area contributed by atoms with Gasteiger partial charge in [0.25, 0.3) is 11.8 Å².